The summed E-state index contributed by atoms with van der Waals surface area (Å²) in [5, 5.41) is 3.35. The van der Waals surface area contributed by atoms with E-state index < -0.39 is 0 Å². The maximum Gasteiger partial charge on any atom is 0.309 e. The first kappa shape index (κ1) is 14.1. The number of rotatable bonds is 6. The molecule has 3 nitrogen and oxygen atoms in total. The van der Waals surface area contributed by atoms with Gasteiger partial charge in [0.15, 0.2) is 0 Å². The highest BCUT2D eigenvalue weighted by Gasteiger charge is 2.27. The second kappa shape index (κ2) is 6.71. The number of ether oxygens (including phenoxy) is 1. The number of nitrogens with one attached hydrogen (secondary N) is 1. The summed E-state index contributed by atoms with van der Waals surface area (Å²) in [4.78, 5) is 11.7. The molecule has 3 heteroatoms. The van der Waals surface area contributed by atoms with Crippen molar-refractivity contribution in [3.05, 3.63) is 35.4 Å². The summed E-state index contributed by atoms with van der Waals surface area (Å²) in [5.74, 6) is 0.148. The highest BCUT2D eigenvalue weighted by atomic mass is 16.5. The lowest BCUT2D eigenvalue weighted by atomic mass is 9.86. The summed E-state index contributed by atoms with van der Waals surface area (Å²) in [6.07, 6.45) is 3.11. The number of benzene rings is 1. The third kappa shape index (κ3) is 4.06. The molecular formula is C16H23NO2. The van der Waals surface area contributed by atoms with Gasteiger partial charge in [-0.2, -0.15) is 0 Å². The Kier molecular flexibility index (Phi) is 4.97. The monoisotopic (exact) mass is 261 g/mol. The Labute approximate surface area is 115 Å². The number of carbonyl (C=O) groups is 1. The van der Waals surface area contributed by atoms with Gasteiger partial charge in [-0.25, -0.2) is 0 Å². The zero-order chi connectivity index (χ0) is 13.7. The molecule has 1 saturated carbocycles. The normalized spacial score (nSPS) is 16.7. The van der Waals surface area contributed by atoms with Gasteiger partial charge in [0.2, 0.25) is 0 Å². The topological polar surface area (TPSA) is 38.3 Å². The van der Waals surface area contributed by atoms with Crippen molar-refractivity contribution >= 4 is 5.97 Å². The van der Waals surface area contributed by atoms with Gasteiger partial charge >= 0.3 is 5.97 Å². The quantitative estimate of drug-likeness (QED) is 0.800. The summed E-state index contributed by atoms with van der Waals surface area (Å²) in [6.45, 7) is 5.57. The maximum atomic E-state index is 11.7. The molecule has 1 aromatic rings. The van der Waals surface area contributed by atoms with Crippen LogP contribution in [-0.2, 0) is 16.1 Å². The van der Waals surface area contributed by atoms with E-state index >= 15 is 0 Å². The van der Waals surface area contributed by atoms with Crippen LogP contribution in [0.25, 0.3) is 0 Å². The third-order valence-electron chi connectivity index (χ3n) is 3.76. The fourth-order valence-corrected chi connectivity index (χ4v) is 2.20. The summed E-state index contributed by atoms with van der Waals surface area (Å²) < 4.78 is 5.42. The van der Waals surface area contributed by atoms with Crippen molar-refractivity contribution in [3.8, 4) is 0 Å². The molecule has 1 N–H and O–H groups in total. The molecule has 0 amide bonds. The van der Waals surface area contributed by atoms with E-state index in [9.17, 15) is 4.79 Å². The molecule has 0 aromatic heterocycles. The smallest absolute Gasteiger partial charge is 0.309 e. The van der Waals surface area contributed by atoms with Gasteiger partial charge in [0, 0.05) is 13.1 Å². The molecule has 1 atom stereocenters. The molecule has 1 aliphatic carbocycles. The van der Waals surface area contributed by atoms with Gasteiger partial charge in [0.1, 0.15) is 6.10 Å². The van der Waals surface area contributed by atoms with Crippen molar-refractivity contribution in [1.82, 2.24) is 5.32 Å². The molecule has 1 aliphatic rings. The number of carbonyl (C=O) groups excluding carboxylic acids is 1. The SMILES string of the molecule is Cc1ccccc1CNCC(C)OC(=O)C1CCC1. The summed E-state index contributed by atoms with van der Waals surface area (Å²) in [5.41, 5.74) is 2.58. The Morgan fingerprint density at radius 3 is 2.79 bits per heavy atom. The fourth-order valence-electron chi connectivity index (χ4n) is 2.20. The first-order valence-electron chi connectivity index (χ1n) is 7.12. The van der Waals surface area contributed by atoms with Gasteiger partial charge in [-0.15, -0.1) is 0 Å². The van der Waals surface area contributed by atoms with E-state index in [0.717, 1.165) is 19.4 Å². The summed E-state index contributed by atoms with van der Waals surface area (Å²) in [7, 11) is 0. The predicted molar refractivity (Wildman–Crippen MR) is 75.8 cm³/mol. The zero-order valence-corrected chi connectivity index (χ0v) is 11.8. The van der Waals surface area contributed by atoms with E-state index in [4.69, 9.17) is 4.74 Å². The van der Waals surface area contributed by atoms with Crippen LogP contribution in [0.5, 0.6) is 0 Å². The number of esters is 1. The van der Waals surface area contributed by atoms with Crippen molar-refractivity contribution < 1.29 is 9.53 Å². The minimum Gasteiger partial charge on any atom is -0.461 e. The fraction of sp³-hybridized carbons (Fsp3) is 0.562. The van der Waals surface area contributed by atoms with E-state index in [2.05, 4.69) is 24.4 Å². The minimum atomic E-state index is -0.0582. The van der Waals surface area contributed by atoms with Gasteiger partial charge in [0.05, 0.1) is 5.92 Å². The van der Waals surface area contributed by atoms with Crippen molar-refractivity contribution in [2.75, 3.05) is 6.54 Å². The minimum absolute atomic E-state index is 0.0172. The lowest BCUT2D eigenvalue weighted by Crippen LogP contribution is -2.33. The lowest BCUT2D eigenvalue weighted by Gasteiger charge is -2.25. The molecule has 0 bridgehead atoms. The number of hydrogen-bond donors (Lipinski definition) is 1. The van der Waals surface area contributed by atoms with Crippen LogP contribution in [0.2, 0.25) is 0 Å². The Hall–Kier alpha value is -1.35. The van der Waals surface area contributed by atoms with Crippen LogP contribution >= 0.6 is 0 Å². The maximum absolute atomic E-state index is 11.7. The Morgan fingerprint density at radius 1 is 1.42 bits per heavy atom. The second-order valence-electron chi connectivity index (χ2n) is 5.43. The highest BCUT2D eigenvalue weighted by Crippen LogP contribution is 2.27. The predicted octanol–water partition coefficient (Wildman–Crippen LogP) is 2.82. The first-order valence-corrected chi connectivity index (χ1v) is 7.12. The molecule has 1 unspecified atom stereocenters. The van der Waals surface area contributed by atoms with E-state index in [0.29, 0.717) is 6.54 Å². The van der Waals surface area contributed by atoms with Gasteiger partial charge in [-0.3, -0.25) is 4.79 Å². The van der Waals surface area contributed by atoms with Crippen LogP contribution in [0.3, 0.4) is 0 Å². The van der Waals surface area contributed by atoms with Crippen LogP contribution < -0.4 is 5.32 Å². The van der Waals surface area contributed by atoms with Crippen LogP contribution in [0.15, 0.2) is 24.3 Å². The molecule has 0 saturated heterocycles. The van der Waals surface area contributed by atoms with Crippen LogP contribution in [-0.4, -0.2) is 18.6 Å². The summed E-state index contributed by atoms with van der Waals surface area (Å²) >= 11 is 0. The Balaban J connectivity index is 1.67. The van der Waals surface area contributed by atoms with Crippen molar-refractivity contribution in [3.63, 3.8) is 0 Å². The van der Waals surface area contributed by atoms with Crippen LogP contribution in [0.4, 0.5) is 0 Å². The molecule has 0 spiro atoms. The average Bonchev–Trinajstić information content (AvgIpc) is 2.29. The van der Waals surface area contributed by atoms with Crippen LogP contribution in [0, 0.1) is 12.8 Å². The molecular weight excluding hydrogens is 238 g/mol. The van der Waals surface area contributed by atoms with Gasteiger partial charge in [-0.1, -0.05) is 30.7 Å². The van der Waals surface area contributed by atoms with Gasteiger partial charge < -0.3 is 10.1 Å². The number of hydrogen-bond acceptors (Lipinski definition) is 3. The molecule has 19 heavy (non-hydrogen) atoms. The zero-order valence-electron chi connectivity index (χ0n) is 11.8. The molecule has 1 fully saturated rings. The van der Waals surface area contributed by atoms with Crippen molar-refractivity contribution in [2.45, 2.75) is 45.8 Å². The second-order valence-corrected chi connectivity index (χ2v) is 5.43. The Bertz CT molecular complexity index is 427. The largest absolute Gasteiger partial charge is 0.461 e. The lowest BCUT2D eigenvalue weighted by molar-refractivity contribution is -0.155. The number of aryl methyl sites for hydroxylation is 1. The van der Waals surface area contributed by atoms with E-state index in [1.807, 2.05) is 19.1 Å². The van der Waals surface area contributed by atoms with E-state index in [1.165, 1.54) is 17.5 Å². The molecule has 104 valence electrons. The Morgan fingerprint density at radius 2 is 2.16 bits per heavy atom. The van der Waals surface area contributed by atoms with Crippen LogP contribution in [0.1, 0.15) is 37.3 Å². The van der Waals surface area contributed by atoms with Crippen molar-refractivity contribution in [1.29, 1.82) is 0 Å². The van der Waals surface area contributed by atoms with Crippen molar-refractivity contribution in [2.24, 2.45) is 5.92 Å². The summed E-state index contributed by atoms with van der Waals surface area (Å²) in [6, 6.07) is 8.32. The van der Waals surface area contributed by atoms with E-state index in [-0.39, 0.29) is 18.0 Å². The standard InChI is InChI=1S/C16H23NO2/c1-12-6-3-4-7-15(12)11-17-10-13(2)19-16(18)14-8-5-9-14/h3-4,6-7,13-14,17H,5,8-11H2,1-2H3. The molecule has 2 rings (SSSR count). The highest BCUT2D eigenvalue weighted by molar-refractivity contribution is 5.73. The third-order valence-corrected chi connectivity index (χ3v) is 3.76. The molecule has 0 radical (unpaired) electrons. The van der Waals surface area contributed by atoms with Gasteiger partial charge in [0.25, 0.3) is 0 Å². The van der Waals surface area contributed by atoms with E-state index in [1.54, 1.807) is 0 Å². The average molecular weight is 261 g/mol. The molecule has 0 heterocycles. The molecule has 0 aliphatic heterocycles. The molecule has 1 aromatic carbocycles. The van der Waals surface area contributed by atoms with Gasteiger partial charge in [-0.05, 0) is 37.8 Å². The first-order chi connectivity index (χ1) is 9.16.